The Balaban J connectivity index is 2.29. The SMILES string of the molecule is N#Cc1cccc(C(=O)O)c1OCc1ccccc1. The van der Waals surface area contributed by atoms with Crippen molar-refractivity contribution in [2.24, 2.45) is 0 Å². The Labute approximate surface area is 110 Å². The van der Waals surface area contributed by atoms with Gasteiger partial charge in [-0.15, -0.1) is 0 Å². The van der Waals surface area contributed by atoms with E-state index in [1.807, 2.05) is 36.4 Å². The molecule has 0 radical (unpaired) electrons. The van der Waals surface area contributed by atoms with Crippen molar-refractivity contribution in [3.05, 3.63) is 65.2 Å². The first-order valence-electron chi connectivity index (χ1n) is 5.65. The number of rotatable bonds is 4. The molecule has 2 aromatic carbocycles. The van der Waals surface area contributed by atoms with Crippen LogP contribution in [0.2, 0.25) is 0 Å². The lowest BCUT2D eigenvalue weighted by atomic mass is 10.1. The minimum absolute atomic E-state index is 0.00465. The topological polar surface area (TPSA) is 70.3 Å². The molecule has 94 valence electrons. The molecule has 0 heterocycles. The molecule has 4 nitrogen and oxygen atoms in total. The van der Waals surface area contributed by atoms with Gasteiger partial charge in [-0.1, -0.05) is 36.4 Å². The number of carboxylic acids is 1. The van der Waals surface area contributed by atoms with Gasteiger partial charge in [-0.3, -0.25) is 0 Å². The zero-order valence-corrected chi connectivity index (χ0v) is 10.0. The molecule has 0 aliphatic carbocycles. The molecule has 0 spiro atoms. The van der Waals surface area contributed by atoms with Crippen LogP contribution in [0.3, 0.4) is 0 Å². The summed E-state index contributed by atoms with van der Waals surface area (Å²) in [6.45, 7) is 0.222. The number of nitrogens with zero attached hydrogens (tertiary/aromatic N) is 1. The van der Waals surface area contributed by atoms with Crippen molar-refractivity contribution in [2.75, 3.05) is 0 Å². The fourth-order valence-electron chi connectivity index (χ4n) is 1.68. The molecule has 1 N–H and O–H groups in total. The van der Waals surface area contributed by atoms with Gasteiger partial charge < -0.3 is 9.84 Å². The average Bonchev–Trinajstić information content (AvgIpc) is 2.45. The molecule has 4 heteroatoms. The second kappa shape index (κ2) is 5.69. The molecular formula is C15H11NO3. The van der Waals surface area contributed by atoms with Crippen molar-refractivity contribution in [2.45, 2.75) is 6.61 Å². The summed E-state index contributed by atoms with van der Waals surface area (Å²) in [4.78, 5) is 11.1. The fraction of sp³-hybridized carbons (Fsp3) is 0.0667. The molecule has 0 saturated heterocycles. The summed E-state index contributed by atoms with van der Waals surface area (Å²) >= 11 is 0. The van der Waals surface area contributed by atoms with Crippen molar-refractivity contribution in [1.82, 2.24) is 0 Å². The third-order valence-corrected chi connectivity index (χ3v) is 2.59. The van der Waals surface area contributed by atoms with Crippen molar-refractivity contribution in [1.29, 1.82) is 5.26 Å². The van der Waals surface area contributed by atoms with E-state index in [4.69, 9.17) is 15.1 Å². The first-order valence-corrected chi connectivity index (χ1v) is 5.65. The summed E-state index contributed by atoms with van der Waals surface area (Å²) in [5, 5.41) is 18.1. The Morgan fingerprint density at radius 3 is 2.53 bits per heavy atom. The van der Waals surface area contributed by atoms with E-state index in [1.54, 1.807) is 0 Å². The van der Waals surface area contributed by atoms with Gasteiger partial charge in [0, 0.05) is 0 Å². The van der Waals surface area contributed by atoms with E-state index in [0.29, 0.717) is 0 Å². The van der Waals surface area contributed by atoms with Crippen molar-refractivity contribution in [3.8, 4) is 11.8 Å². The molecule has 0 aliphatic rings. The number of ether oxygens (including phenoxy) is 1. The maximum atomic E-state index is 11.1. The molecule has 0 atom stereocenters. The van der Waals surface area contributed by atoms with E-state index in [0.717, 1.165) is 5.56 Å². The second-order valence-corrected chi connectivity index (χ2v) is 3.87. The first-order chi connectivity index (χ1) is 9.22. The zero-order valence-electron chi connectivity index (χ0n) is 10.0. The molecule has 19 heavy (non-hydrogen) atoms. The van der Waals surface area contributed by atoms with E-state index >= 15 is 0 Å². The van der Waals surface area contributed by atoms with Crippen LogP contribution in [-0.4, -0.2) is 11.1 Å². The summed E-state index contributed by atoms with van der Waals surface area (Å²) in [6.07, 6.45) is 0. The second-order valence-electron chi connectivity index (χ2n) is 3.87. The maximum Gasteiger partial charge on any atom is 0.339 e. The number of aromatic carboxylic acids is 1. The van der Waals surface area contributed by atoms with Crippen LogP contribution in [0.15, 0.2) is 48.5 Å². The molecule has 0 bridgehead atoms. The largest absolute Gasteiger partial charge is 0.487 e. The Bertz CT molecular complexity index is 630. The van der Waals surface area contributed by atoms with Crippen molar-refractivity contribution >= 4 is 5.97 Å². The fourth-order valence-corrected chi connectivity index (χ4v) is 1.68. The van der Waals surface area contributed by atoms with Gasteiger partial charge in [-0.25, -0.2) is 4.79 Å². The Morgan fingerprint density at radius 1 is 1.16 bits per heavy atom. The quantitative estimate of drug-likeness (QED) is 0.909. The standard InChI is InChI=1S/C15H11NO3/c16-9-12-7-4-8-13(15(17)18)14(12)19-10-11-5-2-1-3-6-11/h1-8H,10H2,(H,17,18). The van der Waals surface area contributed by atoms with Gasteiger partial charge in [0.1, 0.15) is 18.2 Å². The summed E-state index contributed by atoms with van der Waals surface area (Å²) in [6, 6.07) is 15.8. The van der Waals surface area contributed by atoms with Crippen LogP contribution in [0.1, 0.15) is 21.5 Å². The molecule has 2 aromatic rings. The van der Waals surface area contributed by atoms with Gasteiger partial charge in [-0.05, 0) is 17.7 Å². The normalized spacial score (nSPS) is 9.63. The monoisotopic (exact) mass is 253 g/mol. The molecule has 0 unspecified atom stereocenters. The lowest BCUT2D eigenvalue weighted by Gasteiger charge is -2.10. The number of nitriles is 1. The first kappa shape index (κ1) is 12.7. The zero-order chi connectivity index (χ0) is 13.7. The van der Waals surface area contributed by atoms with E-state index in [1.165, 1.54) is 18.2 Å². The Hall–Kier alpha value is -2.80. The molecule has 0 saturated carbocycles. The number of benzene rings is 2. The molecule has 0 fully saturated rings. The van der Waals surface area contributed by atoms with Gasteiger partial charge in [0.05, 0.1) is 5.56 Å². The summed E-state index contributed by atoms with van der Waals surface area (Å²) < 4.78 is 5.50. The van der Waals surface area contributed by atoms with Gasteiger partial charge in [-0.2, -0.15) is 5.26 Å². The van der Waals surface area contributed by atoms with Gasteiger partial charge in [0.15, 0.2) is 5.75 Å². The smallest absolute Gasteiger partial charge is 0.339 e. The van der Waals surface area contributed by atoms with Gasteiger partial charge in [0.2, 0.25) is 0 Å². The van der Waals surface area contributed by atoms with Crippen LogP contribution in [0.25, 0.3) is 0 Å². The van der Waals surface area contributed by atoms with Crippen molar-refractivity contribution in [3.63, 3.8) is 0 Å². The summed E-state index contributed by atoms with van der Waals surface area (Å²) in [5.74, 6) is -0.999. The maximum absolute atomic E-state index is 11.1. The Morgan fingerprint density at radius 2 is 1.89 bits per heavy atom. The minimum Gasteiger partial charge on any atom is -0.487 e. The van der Waals surface area contributed by atoms with E-state index in [2.05, 4.69) is 0 Å². The van der Waals surface area contributed by atoms with Gasteiger partial charge >= 0.3 is 5.97 Å². The van der Waals surface area contributed by atoms with Crippen LogP contribution < -0.4 is 4.74 Å². The van der Waals surface area contributed by atoms with Crippen molar-refractivity contribution < 1.29 is 14.6 Å². The lowest BCUT2D eigenvalue weighted by molar-refractivity contribution is 0.0691. The highest BCUT2D eigenvalue weighted by atomic mass is 16.5. The van der Waals surface area contributed by atoms with E-state index in [-0.39, 0.29) is 23.5 Å². The molecule has 0 amide bonds. The average molecular weight is 253 g/mol. The molecule has 2 rings (SSSR count). The highest BCUT2D eigenvalue weighted by Crippen LogP contribution is 2.24. The van der Waals surface area contributed by atoms with Crippen LogP contribution in [0.5, 0.6) is 5.75 Å². The molecular weight excluding hydrogens is 242 g/mol. The predicted molar refractivity (Wildman–Crippen MR) is 68.9 cm³/mol. The predicted octanol–water partition coefficient (Wildman–Crippen LogP) is 2.84. The number of hydrogen-bond acceptors (Lipinski definition) is 3. The third-order valence-electron chi connectivity index (χ3n) is 2.59. The Kier molecular flexibility index (Phi) is 3.79. The molecule has 0 aliphatic heterocycles. The highest BCUT2D eigenvalue weighted by molar-refractivity contribution is 5.91. The number of para-hydroxylation sites is 1. The number of hydrogen-bond donors (Lipinski definition) is 1. The minimum atomic E-state index is -1.11. The van der Waals surface area contributed by atoms with Gasteiger partial charge in [0.25, 0.3) is 0 Å². The summed E-state index contributed by atoms with van der Waals surface area (Å²) in [5.41, 5.74) is 1.12. The molecule has 0 aromatic heterocycles. The number of carbonyl (C=O) groups is 1. The highest BCUT2D eigenvalue weighted by Gasteiger charge is 2.15. The van der Waals surface area contributed by atoms with E-state index in [9.17, 15) is 4.79 Å². The van der Waals surface area contributed by atoms with Crippen LogP contribution in [0, 0.1) is 11.3 Å². The van der Waals surface area contributed by atoms with Crippen LogP contribution in [0.4, 0.5) is 0 Å². The third kappa shape index (κ3) is 2.90. The lowest BCUT2D eigenvalue weighted by Crippen LogP contribution is -2.05. The number of carboxylic acid groups (broad SMARTS) is 1. The summed E-state index contributed by atoms with van der Waals surface area (Å²) in [7, 11) is 0. The van der Waals surface area contributed by atoms with E-state index < -0.39 is 5.97 Å². The van der Waals surface area contributed by atoms with Crippen LogP contribution in [-0.2, 0) is 6.61 Å². The van der Waals surface area contributed by atoms with Crippen LogP contribution >= 0.6 is 0 Å².